The highest BCUT2D eigenvalue weighted by molar-refractivity contribution is 4.87. The Hall–Kier alpha value is -0.520. The van der Waals surface area contributed by atoms with Crippen LogP contribution in [0, 0.1) is 18.3 Å². The Bertz CT molecular complexity index is 213. The number of hydrogen-bond acceptors (Lipinski definition) is 2. The topological polar surface area (TPSA) is 29.5 Å². The van der Waals surface area contributed by atoms with E-state index in [1.807, 2.05) is 6.92 Å². The minimum absolute atomic E-state index is 0.00125. The van der Waals surface area contributed by atoms with Crippen molar-refractivity contribution in [3.63, 3.8) is 0 Å². The van der Waals surface area contributed by atoms with E-state index < -0.39 is 0 Å². The van der Waals surface area contributed by atoms with Gasteiger partial charge < -0.3 is 9.84 Å². The molecular formula is C14H24O2. The second-order valence-electron chi connectivity index (χ2n) is 4.63. The molecule has 1 saturated carbocycles. The fourth-order valence-corrected chi connectivity index (χ4v) is 2.61. The molecule has 0 spiro atoms. The van der Waals surface area contributed by atoms with Crippen LogP contribution < -0.4 is 0 Å². The normalized spacial score (nSPS) is 21.3. The smallest absolute Gasteiger partial charge is 0.0862 e. The van der Waals surface area contributed by atoms with Crippen LogP contribution in [0.25, 0.3) is 0 Å². The molecule has 1 aliphatic carbocycles. The van der Waals surface area contributed by atoms with Crippen LogP contribution >= 0.6 is 0 Å². The molecule has 0 aromatic heterocycles. The van der Waals surface area contributed by atoms with Crippen LogP contribution in [0.1, 0.15) is 51.9 Å². The highest BCUT2D eigenvalue weighted by Crippen LogP contribution is 2.30. The molecule has 2 atom stereocenters. The summed E-state index contributed by atoms with van der Waals surface area (Å²) < 4.78 is 5.72. The van der Waals surface area contributed by atoms with Crippen LogP contribution in [0.2, 0.25) is 0 Å². The van der Waals surface area contributed by atoms with Crippen molar-refractivity contribution in [3.05, 3.63) is 0 Å². The summed E-state index contributed by atoms with van der Waals surface area (Å²) in [6, 6.07) is 0. The van der Waals surface area contributed by atoms with E-state index in [0.717, 1.165) is 0 Å². The van der Waals surface area contributed by atoms with Gasteiger partial charge in [-0.25, -0.2) is 0 Å². The number of aliphatic hydroxyl groups is 1. The van der Waals surface area contributed by atoms with Crippen LogP contribution in [0.15, 0.2) is 0 Å². The van der Waals surface area contributed by atoms with Gasteiger partial charge in [0.25, 0.3) is 0 Å². The average molecular weight is 224 g/mol. The third-order valence-corrected chi connectivity index (χ3v) is 3.44. The molecule has 0 bridgehead atoms. The predicted octanol–water partition coefficient (Wildman–Crippen LogP) is 2.75. The first-order valence-corrected chi connectivity index (χ1v) is 6.52. The molecule has 0 radical (unpaired) electrons. The van der Waals surface area contributed by atoms with Crippen molar-refractivity contribution in [3.8, 4) is 12.3 Å². The number of hydrogen-bond donors (Lipinski definition) is 1. The molecule has 92 valence electrons. The van der Waals surface area contributed by atoms with Crippen LogP contribution in [0.5, 0.6) is 0 Å². The van der Waals surface area contributed by atoms with Crippen molar-refractivity contribution in [1.29, 1.82) is 0 Å². The minimum atomic E-state index is -0.390. The van der Waals surface area contributed by atoms with Gasteiger partial charge in [-0.1, -0.05) is 19.3 Å². The standard InChI is InChI=1S/C14H24O2/c1-3-5-11-13(15)14(16-4-2)12-9-7-6-8-10-12/h1,12-15H,4-11H2,2H3. The molecule has 2 unspecified atom stereocenters. The average Bonchev–Trinajstić information content (AvgIpc) is 2.34. The van der Waals surface area contributed by atoms with Gasteiger partial charge in [-0.05, 0) is 32.1 Å². The summed E-state index contributed by atoms with van der Waals surface area (Å²) in [5.41, 5.74) is 0. The Morgan fingerprint density at radius 3 is 2.62 bits per heavy atom. The fraction of sp³-hybridized carbons (Fsp3) is 0.857. The highest BCUT2D eigenvalue weighted by atomic mass is 16.5. The Balaban J connectivity index is 2.47. The highest BCUT2D eigenvalue weighted by Gasteiger charge is 2.29. The third-order valence-electron chi connectivity index (χ3n) is 3.44. The van der Waals surface area contributed by atoms with E-state index in [-0.39, 0.29) is 12.2 Å². The Morgan fingerprint density at radius 2 is 2.06 bits per heavy atom. The first-order valence-electron chi connectivity index (χ1n) is 6.52. The summed E-state index contributed by atoms with van der Waals surface area (Å²) in [7, 11) is 0. The quantitative estimate of drug-likeness (QED) is 0.703. The monoisotopic (exact) mass is 224 g/mol. The van der Waals surface area contributed by atoms with Gasteiger partial charge >= 0.3 is 0 Å². The second-order valence-corrected chi connectivity index (χ2v) is 4.63. The van der Waals surface area contributed by atoms with E-state index in [1.165, 1.54) is 32.1 Å². The zero-order valence-corrected chi connectivity index (χ0v) is 10.3. The summed E-state index contributed by atoms with van der Waals surface area (Å²) in [5, 5.41) is 10.1. The molecule has 0 aromatic rings. The van der Waals surface area contributed by atoms with Crippen molar-refractivity contribution in [2.75, 3.05) is 6.61 Å². The van der Waals surface area contributed by atoms with Crippen LogP contribution in [-0.2, 0) is 4.74 Å². The number of rotatable bonds is 6. The molecular weight excluding hydrogens is 200 g/mol. The van der Waals surface area contributed by atoms with E-state index in [1.54, 1.807) is 0 Å². The van der Waals surface area contributed by atoms with Crippen molar-refractivity contribution < 1.29 is 9.84 Å². The van der Waals surface area contributed by atoms with Crippen molar-refractivity contribution >= 4 is 0 Å². The first-order chi connectivity index (χ1) is 7.79. The molecule has 2 nitrogen and oxygen atoms in total. The van der Waals surface area contributed by atoms with E-state index in [9.17, 15) is 5.11 Å². The van der Waals surface area contributed by atoms with E-state index >= 15 is 0 Å². The second kappa shape index (κ2) is 7.70. The van der Waals surface area contributed by atoms with Crippen LogP contribution in [-0.4, -0.2) is 23.9 Å². The van der Waals surface area contributed by atoms with Crippen molar-refractivity contribution in [2.45, 2.75) is 64.1 Å². The summed E-state index contributed by atoms with van der Waals surface area (Å²) >= 11 is 0. The molecule has 1 N–H and O–H groups in total. The number of terminal acetylenes is 1. The molecule has 0 amide bonds. The van der Waals surface area contributed by atoms with Crippen LogP contribution in [0.4, 0.5) is 0 Å². The van der Waals surface area contributed by atoms with Crippen LogP contribution in [0.3, 0.4) is 0 Å². The van der Waals surface area contributed by atoms with Gasteiger partial charge in [-0.2, -0.15) is 0 Å². The van der Waals surface area contributed by atoms with Gasteiger partial charge in [-0.3, -0.25) is 0 Å². The third kappa shape index (κ3) is 4.15. The molecule has 2 heteroatoms. The molecule has 1 fully saturated rings. The largest absolute Gasteiger partial charge is 0.390 e. The fourth-order valence-electron chi connectivity index (χ4n) is 2.61. The Morgan fingerprint density at radius 1 is 1.38 bits per heavy atom. The summed E-state index contributed by atoms with van der Waals surface area (Å²) in [5.74, 6) is 3.11. The van der Waals surface area contributed by atoms with Gasteiger partial charge in [0.15, 0.2) is 0 Å². The summed E-state index contributed by atoms with van der Waals surface area (Å²) in [6.45, 7) is 2.66. The van der Waals surface area contributed by atoms with Gasteiger partial charge in [0.2, 0.25) is 0 Å². The number of aliphatic hydroxyl groups excluding tert-OH is 1. The van der Waals surface area contributed by atoms with E-state index in [4.69, 9.17) is 11.2 Å². The van der Waals surface area contributed by atoms with Gasteiger partial charge in [0.05, 0.1) is 12.2 Å². The number of ether oxygens (including phenoxy) is 1. The maximum absolute atomic E-state index is 10.1. The molecule has 0 aliphatic heterocycles. The molecule has 0 aromatic carbocycles. The lowest BCUT2D eigenvalue weighted by Gasteiger charge is -2.33. The zero-order valence-electron chi connectivity index (χ0n) is 10.3. The first kappa shape index (κ1) is 13.5. The molecule has 0 heterocycles. The van der Waals surface area contributed by atoms with Gasteiger partial charge in [-0.15, -0.1) is 12.3 Å². The SMILES string of the molecule is C#CCCC(O)C(OCC)C1CCCCC1. The maximum Gasteiger partial charge on any atom is 0.0862 e. The molecule has 16 heavy (non-hydrogen) atoms. The minimum Gasteiger partial charge on any atom is -0.390 e. The molecule has 1 aliphatic rings. The zero-order chi connectivity index (χ0) is 11.8. The lowest BCUT2D eigenvalue weighted by atomic mass is 9.82. The maximum atomic E-state index is 10.1. The lowest BCUT2D eigenvalue weighted by Crippen LogP contribution is -2.37. The van der Waals surface area contributed by atoms with E-state index in [2.05, 4.69) is 5.92 Å². The lowest BCUT2D eigenvalue weighted by molar-refractivity contribution is -0.0740. The molecule has 1 rings (SSSR count). The Kier molecular flexibility index (Phi) is 6.52. The molecule has 0 saturated heterocycles. The Labute approximate surface area is 99.4 Å². The summed E-state index contributed by atoms with van der Waals surface area (Å²) in [6.07, 6.45) is 12.4. The van der Waals surface area contributed by atoms with Crippen molar-refractivity contribution in [2.24, 2.45) is 5.92 Å². The van der Waals surface area contributed by atoms with Gasteiger partial charge in [0, 0.05) is 13.0 Å². The van der Waals surface area contributed by atoms with E-state index in [0.29, 0.717) is 25.4 Å². The van der Waals surface area contributed by atoms with Crippen molar-refractivity contribution in [1.82, 2.24) is 0 Å². The summed E-state index contributed by atoms with van der Waals surface area (Å²) in [4.78, 5) is 0. The van der Waals surface area contributed by atoms with Gasteiger partial charge in [0.1, 0.15) is 0 Å². The predicted molar refractivity (Wildman–Crippen MR) is 66.1 cm³/mol.